The summed E-state index contributed by atoms with van der Waals surface area (Å²) >= 11 is 0. The minimum Gasteiger partial charge on any atom is -0.381 e. The van der Waals surface area contributed by atoms with Gasteiger partial charge in [0.2, 0.25) is 5.91 Å². The highest BCUT2D eigenvalue weighted by Crippen LogP contribution is 2.51. The van der Waals surface area contributed by atoms with Crippen molar-refractivity contribution in [3.8, 4) is 0 Å². The van der Waals surface area contributed by atoms with Crippen molar-refractivity contribution in [2.45, 2.75) is 52.2 Å². The van der Waals surface area contributed by atoms with E-state index in [1.165, 1.54) is 0 Å². The zero-order valence-corrected chi connectivity index (χ0v) is 11.6. The molecule has 0 heterocycles. The predicted octanol–water partition coefficient (Wildman–Crippen LogP) is 1.73. The van der Waals surface area contributed by atoms with Crippen LogP contribution in [0.3, 0.4) is 0 Å². The molecule has 1 rings (SSSR count). The summed E-state index contributed by atoms with van der Waals surface area (Å²) in [6, 6.07) is 0.196. The van der Waals surface area contributed by atoms with Gasteiger partial charge in [-0.15, -0.1) is 0 Å². The van der Waals surface area contributed by atoms with E-state index in [-0.39, 0.29) is 23.0 Å². The molecule has 0 unspecified atom stereocenters. The molecule has 17 heavy (non-hydrogen) atoms. The quantitative estimate of drug-likeness (QED) is 0.723. The van der Waals surface area contributed by atoms with Gasteiger partial charge in [0.25, 0.3) is 0 Å². The first kappa shape index (κ1) is 14.5. The van der Waals surface area contributed by atoms with Crippen LogP contribution >= 0.6 is 0 Å². The number of amides is 1. The summed E-state index contributed by atoms with van der Waals surface area (Å²) in [5.74, 6) is 0.0645. The highest BCUT2D eigenvalue weighted by atomic mass is 16.5. The maximum atomic E-state index is 11.7. The summed E-state index contributed by atoms with van der Waals surface area (Å²) in [4.78, 5) is 11.7. The molecule has 2 atom stereocenters. The lowest BCUT2D eigenvalue weighted by atomic mass is 9.56. The number of hydrogen-bond acceptors (Lipinski definition) is 3. The highest BCUT2D eigenvalue weighted by Gasteiger charge is 2.58. The zero-order valence-electron chi connectivity index (χ0n) is 11.6. The van der Waals surface area contributed by atoms with Crippen LogP contribution in [-0.2, 0) is 14.3 Å². The lowest BCUT2D eigenvalue weighted by molar-refractivity contribution is -0.182. The lowest BCUT2D eigenvalue weighted by Crippen LogP contribution is -2.68. The van der Waals surface area contributed by atoms with Gasteiger partial charge in [-0.3, -0.25) is 4.79 Å². The molecule has 1 amide bonds. The first-order valence-corrected chi connectivity index (χ1v) is 6.29. The molecule has 4 heteroatoms. The molecular formula is C13H25NO3. The fourth-order valence-corrected chi connectivity index (χ4v) is 2.30. The summed E-state index contributed by atoms with van der Waals surface area (Å²) in [6.07, 6.45) is 1.31. The SMILES string of the molecule is CCOCCC(=O)N[C@@H]1C[C@@](C)(OC)C1(C)C. The average molecular weight is 243 g/mol. The molecule has 0 aromatic carbocycles. The molecule has 1 aliphatic carbocycles. The molecule has 4 nitrogen and oxygen atoms in total. The van der Waals surface area contributed by atoms with Crippen molar-refractivity contribution in [3.05, 3.63) is 0 Å². The van der Waals surface area contributed by atoms with Gasteiger partial charge < -0.3 is 14.8 Å². The van der Waals surface area contributed by atoms with Gasteiger partial charge in [-0.1, -0.05) is 13.8 Å². The van der Waals surface area contributed by atoms with Crippen molar-refractivity contribution < 1.29 is 14.3 Å². The van der Waals surface area contributed by atoms with E-state index in [9.17, 15) is 4.79 Å². The summed E-state index contributed by atoms with van der Waals surface area (Å²) < 4.78 is 10.7. The van der Waals surface area contributed by atoms with E-state index in [0.29, 0.717) is 19.6 Å². The molecule has 1 aliphatic rings. The van der Waals surface area contributed by atoms with E-state index in [1.807, 2.05) is 6.92 Å². The first-order valence-electron chi connectivity index (χ1n) is 6.29. The number of rotatable bonds is 6. The number of hydrogen-bond donors (Lipinski definition) is 1. The molecule has 0 bridgehead atoms. The molecule has 1 N–H and O–H groups in total. The lowest BCUT2D eigenvalue weighted by Gasteiger charge is -2.59. The van der Waals surface area contributed by atoms with Crippen molar-refractivity contribution >= 4 is 5.91 Å². The minimum atomic E-state index is -0.134. The van der Waals surface area contributed by atoms with Gasteiger partial charge in [-0.2, -0.15) is 0 Å². The Bertz CT molecular complexity index is 278. The number of carbonyl (C=O) groups excluding carboxylic acids is 1. The van der Waals surface area contributed by atoms with Crippen LogP contribution in [0.2, 0.25) is 0 Å². The smallest absolute Gasteiger partial charge is 0.222 e. The Balaban J connectivity index is 2.37. The summed E-state index contributed by atoms with van der Waals surface area (Å²) in [5.41, 5.74) is -0.159. The average Bonchev–Trinajstić information content (AvgIpc) is 2.28. The largest absolute Gasteiger partial charge is 0.381 e. The van der Waals surface area contributed by atoms with Crippen LogP contribution in [0, 0.1) is 5.41 Å². The molecular weight excluding hydrogens is 218 g/mol. The normalized spacial score (nSPS) is 30.8. The van der Waals surface area contributed by atoms with E-state index >= 15 is 0 Å². The van der Waals surface area contributed by atoms with Gasteiger partial charge >= 0.3 is 0 Å². The molecule has 0 spiro atoms. The number of methoxy groups -OCH3 is 1. The Morgan fingerprint density at radius 1 is 1.41 bits per heavy atom. The van der Waals surface area contributed by atoms with Gasteiger partial charge in [-0.25, -0.2) is 0 Å². The molecule has 0 aromatic rings. The second kappa shape index (κ2) is 5.36. The maximum Gasteiger partial charge on any atom is 0.222 e. The fourth-order valence-electron chi connectivity index (χ4n) is 2.30. The third-order valence-electron chi connectivity index (χ3n) is 4.29. The Hall–Kier alpha value is -0.610. The summed E-state index contributed by atoms with van der Waals surface area (Å²) in [6.45, 7) is 9.44. The topological polar surface area (TPSA) is 47.6 Å². The second-order valence-electron chi connectivity index (χ2n) is 5.43. The van der Waals surface area contributed by atoms with Crippen LogP contribution in [0.15, 0.2) is 0 Å². The Morgan fingerprint density at radius 3 is 2.53 bits per heavy atom. The monoisotopic (exact) mass is 243 g/mol. The van der Waals surface area contributed by atoms with E-state index in [0.717, 1.165) is 6.42 Å². The predicted molar refractivity (Wildman–Crippen MR) is 66.9 cm³/mol. The van der Waals surface area contributed by atoms with Gasteiger partial charge in [0.15, 0.2) is 0 Å². The maximum absolute atomic E-state index is 11.7. The number of nitrogens with one attached hydrogen (secondary N) is 1. The van der Waals surface area contributed by atoms with Crippen molar-refractivity contribution in [3.63, 3.8) is 0 Å². The van der Waals surface area contributed by atoms with Crippen LogP contribution < -0.4 is 5.32 Å². The molecule has 0 aromatic heterocycles. The van der Waals surface area contributed by atoms with E-state index in [1.54, 1.807) is 7.11 Å². The minimum absolute atomic E-state index is 0.0248. The Morgan fingerprint density at radius 2 is 2.06 bits per heavy atom. The Labute approximate surface area is 104 Å². The van der Waals surface area contributed by atoms with Crippen LogP contribution in [-0.4, -0.2) is 37.9 Å². The first-order chi connectivity index (χ1) is 7.87. The van der Waals surface area contributed by atoms with Crippen LogP contribution in [0.4, 0.5) is 0 Å². The Kier molecular flexibility index (Phi) is 4.55. The van der Waals surface area contributed by atoms with Crippen molar-refractivity contribution in [2.24, 2.45) is 5.41 Å². The van der Waals surface area contributed by atoms with E-state index in [2.05, 4.69) is 26.1 Å². The van der Waals surface area contributed by atoms with E-state index < -0.39 is 0 Å². The fraction of sp³-hybridized carbons (Fsp3) is 0.923. The van der Waals surface area contributed by atoms with Gasteiger partial charge in [-0.05, 0) is 20.3 Å². The standard InChI is InChI=1S/C13H25NO3/c1-6-17-8-7-11(15)14-10-9-13(4,16-5)12(10,2)3/h10H,6-9H2,1-5H3,(H,14,15)/t10-,13-/m1/s1. The van der Waals surface area contributed by atoms with Gasteiger partial charge in [0, 0.05) is 31.6 Å². The van der Waals surface area contributed by atoms with Crippen molar-refractivity contribution in [1.82, 2.24) is 5.32 Å². The molecule has 0 aliphatic heterocycles. The number of carbonyl (C=O) groups is 1. The second-order valence-corrected chi connectivity index (χ2v) is 5.43. The summed E-state index contributed by atoms with van der Waals surface area (Å²) in [7, 11) is 1.73. The van der Waals surface area contributed by atoms with Crippen molar-refractivity contribution in [2.75, 3.05) is 20.3 Å². The van der Waals surface area contributed by atoms with Gasteiger partial charge in [0.05, 0.1) is 12.2 Å². The molecule has 100 valence electrons. The van der Waals surface area contributed by atoms with Crippen molar-refractivity contribution in [1.29, 1.82) is 0 Å². The summed E-state index contributed by atoms with van der Waals surface area (Å²) in [5, 5.41) is 3.06. The van der Waals surface area contributed by atoms with E-state index in [4.69, 9.17) is 9.47 Å². The third-order valence-corrected chi connectivity index (χ3v) is 4.29. The number of ether oxygens (including phenoxy) is 2. The molecule has 1 fully saturated rings. The molecule has 1 saturated carbocycles. The molecule has 0 radical (unpaired) electrons. The third kappa shape index (κ3) is 2.80. The van der Waals surface area contributed by atoms with Crippen LogP contribution in [0.1, 0.15) is 40.5 Å². The van der Waals surface area contributed by atoms with Gasteiger partial charge in [0.1, 0.15) is 0 Å². The van der Waals surface area contributed by atoms with Crippen LogP contribution in [0.25, 0.3) is 0 Å². The molecule has 0 saturated heterocycles. The van der Waals surface area contributed by atoms with Crippen LogP contribution in [0.5, 0.6) is 0 Å². The highest BCUT2D eigenvalue weighted by molar-refractivity contribution is 5.76. The zero-order chi connectivity index (χ0) is 13.1.